The molecule has 0 aliphatic carbocycles. The van der Waals surface area contributed by atoms with Crippen LogP contribution in [0.3, 0.4) is 0 Å². The van der Waals surface area contributed by atoms with E-state index in [9.17, 15) is 9.59 Å². The second-order valence-corrected chi connectivity index (χ2v) is 7.85. The number of ether oxygens (including phenoxy) is 1. The van der Waals surface area contributed by atoms with Crippen molar-refractivity contribution in [3.63, 3.8) is 0 Å². The summed E-state index contributed by atoms with van der Waals surface area (Å²) in [7, 11) is 2.00. The zero-order valence-electron chi connectivity index (χ0n) is 16.5. The van der Waals surface area contributed by atoms with Gasteiger partial charge in [-0.25, -0.2) is 5.43 Å². The van der Waals surface area contributed by atoms with Gasteiger partial charge in [-0.1, -0.05) is 18.2 Å². The quantitative estimate of drug-likeness (QED) is 0.369. The van der Waals surface area contributed by atoms with Crippen LogP contribution in [0.4, 0.5) is 0 Å². The molecule has 4 rings (SSSR count). The van der Waals surface area contributed by atoms with Gasteiger partial charge in [0.05, 0.1) is 10.6 Å². The van der Waals surface area contributed by atoms with E-state index >= 15 is 0 Å². The van der Waals surface area contributed by atoms with Gasteiger partial charge in [-0.2, -0.15) is 5.10 Å². The zero-order valence-corrected chi connectivity index (χ0v) is 17.3. The number of aromatic nitrogens is 1. The van der Waals surface area contributed by atoms with E-state index in [0.29, 0.717) is 16.3 Å². The van der Waals surface area contributed by atoms with E-state index in [4.69, 9.17) is 10.5 Å². The van der Waals surface area contributed by atoms with E-state index in [2.05, 4.69) is 27.2 Å². The van der Waals surface area contributed by atoms with Gasteiger partial charge in [0, 0.05) is 23.3 Å². The van der Waals surface area contributed by atoms with Crippen LogP contribution < -0.4 is 15.9 Å². The number of aryl methyl sites for hydroxylation is 1. The molecule has 0 radical (unpaired) electrons. The van der Waals surface area contributed by atoms with Crippen LogP contribution in [0, 0.1) is 0 Å². The van der Waals surface area contributed by atoms with Crippen molar-refractivity contribution in [2.24, 2.45) is 17.9 Å². The molecular formula is C22H20N4O3S. The van der Waals surface area contributed by atoms with E-state index in [1.165, 1.54) is 11.3 Å². The molecular weight excluding hydrogens is 400 g/mol. The number of para-hydroxylation sites is 1. The van der Waals surface area contributed by atoms with Crippen LogP contribution in [0.25, 0.3) is 21.1 Å². The fraction of sp³-hybridized carbons (Fsp3) is 0.136. The predicted octanol–water partition coefficient (Wildman–Crippen LogP) is 3.41. The molecule has 0 saturated carbocycles. The van der Waals surface area contributed by atoms with Crippen molar-refractivity contribution in [1.82, 2.24) is 9.99 Å². The van der Waals surface area contributed by atoms with Crippen molar-refractivity contribution >= 4 is 50.0 Å². The fourth-order valence-corrected chi connectivity index (χ4v) is 4.28. The Morgan fingerprint density at radius 3 is 2.60 bits per heavy atom. The monoisotopic (exact) mass is 420 g/mol. The summed E-state index contributed by atoms with van der Waals surface area (Å²) in [5, 5.41) is 6.41. The van der Waals surface area contributed by atoms with E-state index in [1.807, 2.05) is 25.2 Å². The number of fused-ring (bicyclic) bond motifs is 3. The molecule has 0 aliphatic rings. The number of amides is 2. The highest BCUT2D eigenvalue weighted by Gasteiger charge is 2.15. The van der Waals surface area contributed by atoms with E-state index in [-0.39, 0.29) is 12.5 Å². The maximum Gasteiger partial charge on any atom is 0.281 e. The summed E-state index contributed by atoms with van der Waals surface area (Å²) in [5.74, 6) is -0.248. The lowest BCUT2D eigenvalue weighted by Gasteiger charge is -2.05. The summed E-state index contributed by atoms with van der Waals surface area (Å²) < 4.78 is 7.33. The SMILES string of the molecule is CC(=NNC(=O)c1cc2c3ccccc3n(C)c2s1)c1ccc(OCC(N)=O)cc1. The van der Waals surface area contributed by atoms with Crippen LogP contribution in [0.5, 0.6) is 5.75 Å². The Hall–Kier alpha value is -3.65. The number of rotatable bonds is 6. The summed E-state index contributed by atoms with van der Waals surface area (Å²) in [5.41, 5.74) is 10.3. The third kappa shape index (κ3) is 3.77. The summed E-state index contributed by atoms with van der Waals surface area (Å²) in [6.45, 7) is 1.63. The molecule has 2 heterocycles. The summed E-state index contributed by atoms with van der Waals surface area (Å²) in [6.07, 6.45) is 0. The third-order valence-electron chi connectivity index (χ3n) is 4.77. The Balaban J connectivity index is 1.49. The van der Waals surface area contributed by atoms with Gasteiger partial charge in [-0.3, -0.25) is 9.59 Å². The van der Waals surface area contributed by atoms with Gasteiger partial charge < -0.3 is 15.0 Å². The summed E-state index contributed by atoms with van der Waals surface area (Å²) in [6, 6.07) is 17.1. The molecule has 0 spiro atoms. The minimum Gasteiger partial charge on any atom is -0.484 e. The van der Waals surface area contributed by atoms with Crippen molar-refractivity contribution in [2.75, 3.05) is 6.61 Å². The van der Waals surface area contributed by atoms with Gasteiger partial charge in [-0.15, -0.1) is 11.3 Å². The Morgan fingerprint density at radius 1 is 1.13 bits per heavy atom. The first kappa shape index (κ1) is 19.7. The second-order valence-electron chi connectivity index (χ2n) is 6.82. The van der Waals surface area contributed by atoms with Gasteiger partial charge in [0.25, 0.3) is 11.8 Å². The average Bonchev–Trinajstić information content (AvgIpc) is 3.30. The predicted molar refractivity (Wildman–Crippen MR) is 119 cm³/mol. The second kappa shape index (κ2) is 8.00. The van der Waals surface area contributed by atoms with Gasteiger partial charge in [-0.05, 0) is 48.9 Å². The summed E-state index contributed by atoms with van der Waals surface area (Å²) >= 11 is 1.44. The first-order valence-electron chi connectivity index (χ1n) is 9.27. The highest BCUT2D eigenvalue weighted by molar-refractivity contribution is 7.20. The molecule has 0 fully saturated rings. The number of hydrazone groups is 1. The number of thiophene rings is 1. The highest BCUT2D eigenvalue weighted by atomic mass is 32.1. The molecule has 8 heteroatoms. The standard InChI is InChI=1S/C22H20N4O3S/c1-13(14-7-9-15(10-8-14)29-12-20(23)27)24-25-21(28)19-11-17-16-5-3-4-6-18(16)26(2)22(17)30-19/h3-11H,12H2,1-2H3,(H2,23,27)(H,25,28). The first-order valence-corrected chi connectivity index (χ1v) is 10.1. The van der Waals surface area contributed by atoms with Crippen molar-refractivity contribution in [2.45, 2.75) is 6.92 Å². The van der Waals surface area contributed by atoms with E-state index in [0.717, 1.165) is 26.7 Å². The van der Waals surface area contributed by atoms with E-state index < -0.39 is 5.91 Å². The molecule has 0 atom stereocenters. The number of hydrogen-bond acceptors (Lipinski definition) is 5. The minimum atomic E-state index is -0.534. The van der Waals surface area contributed by atoms with Crippen molar-refractivity contribution in [3.05, 3.63) is 65.0 Å². The van der Waals surface area contributed by atoms with Crippen LogP contribution in [-0.2, 0) is 11.8 Å². The number of nitrogens with one attached hydrogen (secondary N) is 1. The number of nitrogens with zero attached hydrogens (tertiary/aromatic N) is 2. The Morgan fingerprint density at radius 2 is 1.87 bits per heavy atom. The number of carbonyl (C=O) groups excluding carboxylic acids is 2. The number of primary amides is 1. The van der Waals surface area contributed by atoms with E-state index in [1.54, 1.807) is 31.2 Å². The molecule has 7 nitrogen and oxygen atoms in total. The molecule has 30 heavy (non-hydrogen) atoms. The van der Waals surface area contributed by atoms with Crippen LogP contribution >= 0.6 is 11.3 Å². The van der Waals surface area contributed by atoms with Crippen molar-refractivity contribution < 1.29 is 14.3 Å². The highest BCUT2D eigenvalue weighted by Crippen LogP contribution is 2.34. The largest absolute Gasteiger partial charge is 0.484 e. The number of carbonyl (C=O) groups is 2. The number of benzene rings is 2. The Bertz CT molecular complexity index is 1290. The van der Waals surface area contributed by atoms with Crippen LogP contribution in [-0.4, -0.2) is 28.7 Å². The maximum atomic E-state index is 12.6. The molecule has 2 aromatic heterocycles. The smallest absolute Gasteiger partial charge is 0.281 e. The van der Waals surface area contributed by atoms with Gasteiger partial charge in [0.2, 0.25) is 0 Å². The molecule has 0 bridgehead atoms. The number of nitrogens with two attached hydrogens (primary N) is 1. The Labute approximate surface area is 176 Å². The topological polar surface area (TPSA) is 98.7 Å². The molecule has 0 aliphatic heterocycles. The van der Waals surface area contributed by atoms with Gasteiger partial charge >= 0.3 is 0 Å². The van der Waals surface area contributed by atoms with Gasteiger partial charge in [0.1, 0.15) is 10.6 Å². The normalized spacial score (nSPS) is 11.7. The molecule has 4 aromatic rings. The fourth-order valence-electron chi connectivity index (χ4n) is 3.24. The zero-order chi connectivity index (χ0) is 21.3. The lowest BCUT2D eigenvalue weighted by atomic mass is 10.1. The van der Waals surface area contributed by atoms with Crippen molar-refractivity contribution in [1.29, 1.82) is 0 Å². The van der Waals surface area contributed by atoms with Gasteiger partial charge in [0.15, 0.2) is 6.61 Å². The lowest BCUT2D eigenvalue weighted by molar-refractivity contribution is -0.119. The molecule has 152 valence electrons. The molecule has 0 unspecified atom stereocenters. The molecule has 2 amide bonds. The third-order valence-corrected chi connectivity index (χ3v) is 5.99. The van der Waals surface area contributed by atoms with Crippen LogP contribution in [0.15, 0.2) is 59.7 Å². The van der Waals surface area contributed by atoms with Crippen LogP contribution in [0.1, 0.15) is 22.2 Å². The molecule has 2 aromatic carbocycles. The number of hydrogen-bond donors (Lipinski definition) is 2. The average molecular weight is 420 g/mol. The summed E-state index contributed by atoms with van der Waals surface area (Å²) in [4.78, 5) is 25.0. The maximum absolute atomic E-state index is 12.6. The minimum absolute atomic E-state index is 0.174. The Kier molecular flexibility index (Phi) is 5.24. The first-order chi connectivity index (χ1) is 14.4. The van der Waals surface area contributed by atoms with Crippen LogP contribution in [0.2, 0.25) is 0 Å². The lowest BCUT2D eigenvalue weighted by Crippen LogP contribution is -2.20. The van der Waals surface area contributed by atoms with Crippen molar-refractivity contribution in [3.8, 4) is 5.75 Å². The molecule has 3 N–H and O–H groups in total. The molecule has 0 saturated heterocycles.